The van der Waals surface area contributed by atoms with E-state index in [0.29, 0.717) is 0 Å². The van der Waals surface area contributed by atoms with E-state index < -0.39 is 0 Å². The minimum Gasteiger partial charge on any atom is -0.493 e. The molecule has 0 radical (unpaired) electrons. The van der Waals surface area contributed by atoms with Crippen molar-refractivity contribution in [2.24, 2.45) is 0 Å². The Labute approximate surface area is 184 Å². The van der Waals surface area contributed by atoms with Crippen LogP contribution in [0.5, 0.6) is 11.5 Å². The van der Waals surface area contributed by atoms with Crippen LogP contribution in [0.4, 0.5) is 0 Å². The zero-order valence-electron chi connectivity index (χ0n) is 18.4. The number of methoxy groups -OCH3 is 1. The monoisotopic (exact) mass is 412 g/mol. The summed E-state index contributed by atoms with van der Waals surface area (Å²) in [6.45, 7) is 6.69. The molecule has 0 fully saturated rings. The second-order valence-corrected chi connectivity index (χ2v) is 9.13. The average molecular weight is 413 g/mol. The summed E-state index contributed by atoms with van der Waals surface area (Å²) in [6.07, 6.45) is 1.99. The van der Waals surface area contributed by atoms with E-state index in [1.165, 1.54) is 5.56 Å². The van der Waals surface area contributed by atoms with Crippen LogP contribution in [0.1, 0.15) is 55.3 Å². The minimum atomic E-state index is -0.278. The molecule has 2 aliphatic rings. The normalized spacial score (nSPS) is 20.2. The van der Waals surface area contributed by atoms with Crippen LogP contribution in [-0.4, -0.2) is 12.1 Å². The lowest BCUT2D eigenvalue weighted by atomic mass is 9.86. The van der Waals surface area contributed by atoms with E-state index in [-0.39, 0.29) is 17.7 Å². The third kappa shape index (κ3) is 3.47. The third-order valence-electron chi connectivity index (χ3n) is 6.05. The fourth-order valence-electron chi connectivity index (χ4n) is 4.30. The maximum Gasteiger partial charge on any atom is 0.196 e. The van der Waals surface area contributed by atoms with Gasteiger partial charge in [-0.05, 0) is 28.7 Å². The summed E-state index contributed by atoms with van der Waals surface area (Å²) in [7, 11) is 1.69. The molecule has 5 rings (SSSR count). The molecule has 0 amide bonds. The van der Waals surface area contributed by atoms with Gasteiger partial charge in [-0.3, -0.25) is 0 Å². The second kappa shape index (κ2) is 7.47. The quantitative estimate of drug-likeness (QED) is 0.573. The molecule has 2 atom stereocenters. The Morgan fingerprint density at radius 2 is 1.65 bits per heavy atom. The van der Waals surface area contributed by atoms with Gasteiger partial charge in [-0.1, -0.05) is 87.5 Å². The molecule has 0 spiro atoms. The van der Waals surface area contributed by atoms with E-state index in [2.05, 4.69) is 91.9 Å². The number of hydrogen-bond donors (Lipinski definition) is 1. The van der Waals surface area contributed by atoms with Crippen molar-refractivity contribution in [3.8, 4) is 11.5 Å². The van der Waals surface area contributed by atoms with Gasteiger partial charge in [0.05, 0.1) is 18.8 Å². The molecule has 2 aliphatic heterocycles. The van der Waals surface area contributed by atoms with Gasteiger partial charge in [-0.25, -0.2) is 0 Å². The molecule has 1 N–H and O–H groups in total. The van der Waals surface area contributed by atoms with Gasteiger partial charge >= 0.3 is 0 Å². The maximum atomic E-state index is 6.57. The number of nitrogens with zero attached hydrogens (tertiary/aromatic N) is 1. The van der Waals surface area contributed by atoms with Crippen molar-refractivity contribution in [2.45, 2.75) is 38.5 Å². The molecule has 0 aliphatic carbocycles. The Morgan fingerprint density at radius 3 is 2.32 bits per heavy atom. The number of para-hydroxylation sites is 1. The highest BCUT2D eigenvalue weighted by atomic mass is 16.5. The summed E-state index contributed by atoms with van der Waals surface area (Å²) in [5.41, 5.74) is 9.46. The standard InChI is InChI=1S/C27H28N2O2/c1-27(2,3)20-15-13-19(14-16-20)26-29-23(17-22(28-29)18-9-6-5-7-10-18)21-11-8-12-24(30-4)25(21)31-26/h5-17,23,26,28H,1-4H3. The van der Waals surface area contributed by atoms with Crippen LogP contribution < -0.4 is 14.9 Å². The number of fused-ring (bicyclic) bond motifs is 3. The molecule has 4 heteroatoms. The number of hydrazine groups is 1. The first-order valence-corrected chi connectivity index (χ1v) is 10.7. The molecule has 0 bridgehead atoms. The van der Waals surface area contributed by atoms with E-state index in [9.17, 15) is 0 Å². The summed E-state index contributed by atoms with van der Waals surface area (Å²) in [5, 5.41) is 2.19. The number of nitrogens with one attached hydrogen (secondary N) is 1. The predicted octanol–water partition coefficient (Wildman–Crippen LogP) is 5.99. The first-order chi connectivity index (χ1) is 15.0. The summed E-state index contributed by atoms with van der Waals surface area (Å²) in [5.74, 6) is 1.57. The Bertz CT molecular complexity index is 1110. The molecule has 158 valence electrons. The topological polar surface area (TPSA) is 33.7 Å². The smallest absolute Gasteiger partial charge is 0.196 e. The summed E-state index contributed by atoms with van der Waals surface area (Å²) in [4.78, 5) is 0. The lowest BCUT2D eigenvalue weighted by molar-refractivity contribution is -0.0343. The van der Waals surface area contributed by atoms with Crippen LogP contribution in [0.3, 0.4) is 0 Å². The van der Waals surface area contributed by atoms with E-state index in [0.717, 1.165) is 33.9 Å². The largest absolute Gasteiger partial charge is 0.493 e. The van der Waals surface area contributed by atoms with Crippen LogP contribution in [-0.2, 0) is 5.41 Å². The van der Waals surface area contributed by atoms with Crippen molar-refractivity contribution in [3.05, 3.63) is 101 Å². The first-order valence-electron chi connectivity index (χ1n) is 10.7. The number of rotatable bonds is 3. The van der Waals surface area contributed by atoms with Crippen molar-refractivity contribution < 1.29 is 9.47 Å². The van der Waals surface area contributed by atoms with Crippen LogP contribution in [0, 0.1) is 0 Å². The van der Waals surface area contributed by atoms with Gasteiger partial charge in [-0.15, -0.1) is 0 Å². The second-order valence-electron chi connectivity index (χ2n) is 9.13. The lowest BCUT2D eigenvalue weighted by Gasteiger charge is -2.39. The predicted molar refractivity (Wildman–Crippen MR) is 124 cm³/mol. The van der Waals surface area contributed by atoms with Crippen molar-refractivity contribution in [3.63, 3.8) is 0 Å². The zero-order chi connectivity index (χ0) is 21.6. The van der Waals surface area contributed by atoms with Gasteiger partial charge in [-0.2, -0.15) is 5.01 Å². The van der Waals surface area contributed by atoms with E-state index in [1.807, 2.05) is 18.2 Å². The fourth-order valence-corrected chi connectivity index (χ4v) is 4.30. The van der Waals surface area contributed by atoms with Crippen LogP contribution in [0.2, 0.25) is 0 Å². The zero-order valence-corrected chi connectivity index (χ0v) is 18.4. The maximum absolute atomic E-state index is 6.57. The minimum absolute atomic E-state index is 0.0429. The van der Waals surface area contributed by atoms with Gasteiger partial charge in [0.2, 0.25) is 0 Å². The van der Waals surface area contributed by atoms with Gasteiger partial charge in [0.1, 0.15) is 0 Å². The fraction of sp³-hybridized carbons (Fsp3) is 0.259. The molecular weight excluding hydrogens is 384 g/mol. The number of ether oxygens (including phenoxy) is 2. The molecule has 4 nitrogen and oxygen atoms in total. The molecule has 0 saturated carbocycles. The van der Waals surface area contributed by atoms with Gasteiger partial charge < -0.3 is 14.9 Å². The van der Waals surface area contributed by atoms with Gasteiger partial charge in [0.25, 0.3) is 0 Å². The van der Waals surface area contributed by atoms with E-state index >= 15 is 0 Å². The van der Waals surface area contributed by atoms with Gasteiger partial charge in [0, 0.05) is 11.1 Å². The van der Waals surface area contributed by atoms with Crippen molar-refractivity contribution >= 4 is 5.70 Å². The Balaban J connectivity index is 1.58. The molecule has 2 heterocycles. The van der Waals surface area contributed by atoms with E-state index in [1.54, 1.807) is 7.11 Å². The van der Waals surface area contributed by atoms with Crippen molar-refractivity contribution in [1.82, 2.24) is 10.4 Å². The molecule has 0 aromatic heterocycles. The highest BCUT2D eigenvalue weighted by molar-refractivity contribution is 5.68. The van der Waals surface area contributed by atoms with Gasteiger partial charge in [0.15, 0.2) is 17.7 Å². The van der Waals surface area contributed by atoms with Crippen LogP contribution in [0.15, 0.2) is 78.9 Å². The highest BCUT2D eigenvalue weighted by Gasteiger charge is 2.41. The van der Waals surface area contributed by atoms with Crippen LogP contribution >= 0.6 is 0 Å². The Hall–Kier alpha value is -3.24. The molecule has 3 aromatic carbocycles. The SMILES string of the molecule is COc1cccc2c1OC(c1ccc(C(C)(C)C)cc1)N1NC(c3ccccc3)=CC21. The van der Waals surface area contributed by atoms with E-state index in [4.69, 9.17) is 9.47 Å². The molecule has 31 heavy (non-hydrogen) atoms. The molecular formula is C27H28N2O2. The summed E-state index contributed by atoms with van der Waals surface area (Å²) in [6, 6.07) is 25.3. The molecule has 2 unspecified atom stereocenters. The average Bonchev–Trinajstić information content (AvgIpc) is 3.24. The van der Waals surface area contributed by atoms with Crippen molar-refractivity contribution in [1.29, 1.82) is 0 Å². The Morgan fingerprint density at radius 1 is 0.903 bits per heavy atom. The summed E-state index contributed by atoms with van der Waals surface area (Å²) < 4.78 is 12.2. The first kappa shape index (κ1) is 19.7. The lowest BCUT2D eigenvalue weighted by Crippen LogP contribution is -2.43. The number of benzene rings is 3. The number of hydrogen-bond acceptors (Lipinski definition) is 4. The third-order valence-corrected chi connectivity index (χ3v) is 6.05. The molecule has 3 aromatic rings. The highest BCUT2D eigenvalue weighted by Crippen LogP contribution is 2.49. The molecule has 0 saturated heterocycles. The van der Waals surface area contributed by atoms with Crippen LogP contribution in [0.25, 0.3) is 5.70 Å². The van der Waals surface area contributed by atoms with Crippen molar-refractivity contribution in [2.75, 3.05) is 7.11 Å². The summed E-state index contributed by atoms with van der Waals surface area (Å²) >= 11 is 0. The Kier molecular flexibility index (Phi) is 4.75.